The number of furan rings is 1. The molecule has 128 valence electrons. The summed E-state index contributed by atoms with van der Waals surface area (Å²) in [6.07, 6.45) is 1.45. The predicted octanol–water partition coefficient (Wildman–Crippen LogP) is 3.27. The summed E-state index contributed by atoms with van der Waals surface area (Å²) >= 11 is 2.13. The first-order valence-electron chi connectivity index (χ1n) is 7.77. The number of carbonyl (C=O) groups is 1. The average Bonchev–Trinajstić information content (AvgIpc) is 3.11. The lowest BCUT2D eigenvalue weighted by Crippen LogP contribution is -2.35. The van der Waals surface area contributed by atoms with E-state index in [1.54, 1.807) is 12.1 Å². The molecule has 1 aliphatic rings. The molecule has 1 saturated heterocycles. The predicted molar refractivity (Wildman–Crippen MR) is 103 cm³/mol. The van der Waals surface area contributed by atoms with Gasteiger partial charge in [0.05, 0.1) is 18.9 Å². The van der Waals surface area contributed by atoms with Gasteiger partial charge in [-0.15, -0.1) is 0 Å². The molecule has 0 radical (unpaired) electrons. The number of hydrogen-bond donors (Lipinski definition) is 1. The van der Waals surface area contributed by atoms with E-state index in [0.29, 0.717) is 30.5 Å². The number of ether oxygens (including phenoxy) is 1. The highest BCUT2D eigenvalue weighted by atomic mass is 127. The third-order valence-corrected chi connectivity index (χ3v) is 4.65. The van der Waals surface area contributed by atoms with Gasteiger partial charge in [-0.2, -0.15) is 5.26 Å². The summed E-state index contributed by atoms with van der Waals surface area (Å²) in [5.41, 5.74) is 0.658. The van der Waals surface area contributed by atoms with Crippen molar-refractivity contribution in [3.8, 4) is 6.07 Å². The fraction of sp³-hybridized carbons (Fsp3) is 0.222. The standard InChI is InChI=1S/C18H16IN3O3/c19-15-3-1-2-4-16(15)21-18(23)13(12-20)11-14-5-6-17(25-14)22-7-9-24-10-8-22/h1-6,11H,7-10H2,(H,21,23). The van der Waals surface area contributed by atoms with Gasteiger partial charge in [0.1, 0.15) is 17.4 Å². The van der Waals surface area contributed by atoms with Crippen LogP contribution in [0.4, 0.5) is 11.6 Å². The van der Waals surface area contributed by atoms with Crippen molar-refractivity contribution in [2.75, 3.05) is 36.5 Å². The second kappa shape index (κ2) is 8.18. The molecule has 25 heavy (non-hydrogen) atoms. The largest absolute Gasteiger partial charge is 0.441 e. The van der Waals surface area contributed by atoms with E-state index in [1.807, 2.05) is 30.3 Å². The Balaban J connectivity index is 1.74. The number of hydrogen-bond acceptors (Lipinski definition) is 5. The van der Waals surface area contributed by atoms with E-state index in [2.05, 4.69) is 32.8 Å². The van der Waals surface area contributed by atoms with Crippen molar-refractivity contribution in [2.24, 2.45) is 0 Å². The average molecular weight is 449 g/mol. The van der Waals surface area contributed by atoms with Crippen LogP contribution in [0.2, 0.25) is 0 Å². The van der Waals surface area contributed by atoms with E-state index in [-0.39, 0.29) is 5.57 Å². The van der Waals surface area contributed by atoms with Gasteiger partial charge in [0.25, 0.3) is 5.91 Å². The third-order valence-electron chi connectivity index (χ3n) is 3.71. The Morgan fingerprint density at radius 1 is 1.24 bits per heavy atom. The number of nitrogens with one attached hydrogen (secondary N) is 1. The van der Waals surface area contributed by atoms with Gasteiger partial charge in [0.2, 0.25) is 0 Å². The van der Waals surface area contributed by atoms with Crippen LogP contribution in [0.1, 0.15) is 5.76 Å². The van der Waals surface area contributed by atoms with Crippen LogP contribution in [0.3, 0.4) is 0 Å². The van der Waals surface area contributed by atoms with Gasteiger partial charge in [0.15, 0.2) is 5.88 Å². The molecule has 7 heteroatoms. The Morgan fingerprint density at radius 3 is 2.72 bits per heavy atom. The van der Waals surface area contributed by atoms with Crippen LogP contribution in [0, 0.1) is 14.9 Å². The number of morpholine rings is 1. The number of carbonyl (C=O) groups excluding carboxylic acids is 1. The Kier molecular flexibility index (Phi) is 5.73. The summed E-state index contributed by atoms with van der Waals surface area (Å²) in [5.74, 6) is 0.719. The molecule has 6 nitrogen and oxygen atoms in total. The van der Waals surface area contributed by atoms with Crippen LogP contribution in [-0.2, 0) is 9.53 Å². The highest BCUT2D eigenvalue weighted by molar-refractivity contribution is 14.1. The molecule has 2 heterocycles. The van der Waals surface area contributed by atoms with Crippen molar-refractivity contribution in [3.63, 3.8) is 0 Å². The van der Waals surface area contributed by atoms with E-state index in [0.717, 1.165) is 16.7 Å². The highest BCUT2D eigenvalue weighted by Gasteiger charge is 2.16. The molecular weight excluding hydrogens is 433 g/mol. The van der Waals surface area contributed by atoms with E-state index < -0.39 is 5.91 Å². The molecule has 1 fully saturated rings. The summed E-state index contributed by atoms with van der Waals surface area (Å²) in [4.78, 5) is 14.4. The molecule has 3 rings (SSSR count). The first-order chi connectivity index (χ1) is 12.2. The monoisotopic (exact) mass is 449 g/mol. The lowest BCUT2D eigenvalue weighted by molar-refractivity contribution is -0.112. The van der Waals surface area contributed by atoms with Gasteiger partial charge in [0, 0.05) is 28.8 Å². The van der Waals surface area contributed by atoms with Gasteiger partial charge in [-0.1, -0.05) is 12.1 Å². The zero-order valence-corrected chi connectivity index (χ0v) is 15.5. The number of benzene rings is 1. The number of rotatable bonds is 4. The SMILES string of the molecule is N#CC(=Cc1ccc(N2CCOCC2)o1)C(=O)Nc1ccccc1I. The number of para-hydroxylation sites is 1. The molecule has 0 aliphatic carbocycles. The molecule has 1 N–H and O–H groups in total. The van der Waals surface area contributed by atoms with Crippen molar-refractivity contribution in [3.05, 3.63) is 51.3 Å². The lowest BCUT2D eigenvalue weighted by atomic mass is 10.2. The van der Waals surface area contributed by atoms with Gasteiger partial charge in [-0.3, -0.25) is 4.79 Å². The molecule has 1 aliphatic heterocycles. The van der Waals surface area contributed by atoms with Gasteiger partial charge >= 0.3 is 0 Å². The molecule has 0 bridgehead atoms. The summed E-state index contributed by atoms with van der Waals surface area (Å²) in [5, 5.41) is 12.1. The van der Waals surface area contributed by atoms with Crippen LogP contribution in [0.25, 0.3) is 6.08 Å². The summed E-state index contributed by atoms with van der Waals surface area (Å²) in [6, 6.07) is 12.9. The number of halogens is 1. The van der Waals surface area contributed by atoms with E-state index >= 15 is 0 Å². The maximum atomic E-state index is 12.3. The quantitative estimate of drug-likeness (QED) is 0.441. The first kappa shape index (κ1) is 17.5. The number of amides is 1. The summed E-state index contributed by atoms with van der Waals surface area (Å²) < 4.78 is 12.0. The van der Waals surface area contributed by atoms with Crippen LogP contribution in [0.15, 0.2) is 46.4 Å². The molecule has 1 aromatic carbocycles. The maximum Gasteiger partial charge on any atom is 0.266 e. The fourth-order valence-corrected chi connectivity index (χ4v) is 2.94. The number of anilines is 2. The van der Waals surface area contributed by atoms with Crippen LogP contribution in [-0.4, -0.2) is 32.2 Å². The van der Waals surface area contributed by atoms with Crippen molar-refractivity contribution in [2.45, 2.75) is 0 Å². The zero-order chi connectivity index (χ0) is 17.6. The summed E-state index contributed by atoms with van der Waals surface area (Å²) in [7, 11) is 0. The fourth-order valence-electron chi connectivity index (χ4n) is 2.42. The van der Waals surface area contributed by atoms with Crippen molar-refractivity contribution < 1.29 is 13.9 Å². The highest BCUT2D eigenvalue weighted by Crippen LogP contribution is 2.22. The minimum absolute atomic E-state index is 0.0115. The smallest absolute Gasteiger partial charge is 0.266 e. The van der Waals surface area contributed by atoms with Crippen molar-refractivity contribution in [1.82, 2.24) is 0 Å². The third kappa shape index (κ3) is 4.41. The topological polar surface area (TPSA) is 78.5 Å². The minimum Gasteiger partial charge on any atom is -0.441 e. The minimum atomic E-state index is -0.462. The van der Waals surface area contributed by atoms with E-state index in [1.165, 1.54) is 6.08 Å². The van der Waals surface area contributed by atoms with E-state index in [4.69, 9.17) is 9.15 Å². The second-order valence-electron chi connectivity index (χ2n) is 5.38. The Morgan fingerprint density at radius 2 is 2.00 bits per heavy atom. The van der Waals surface area contributed by atoms with Gasteiger partial charge in [-0.25, -0.2) is 0 Å². The van der Waals surface area contributed by atoms with E-state index in [9.17, 15) is 10.1 Å². The molecule has 2 aromatic rings. The Hall–Kier alpha value is -2.31. The van der Waals surface area contributed by atoms with Crippen molar-refractivity contribution >= 4 is 46.1 Å². The Bertz CT molecular complexity index is 832. The molecule has 1 amide bonds. The number of nitriles is 1. The molecule has 0 unspecified atom stereocenters. The molecule has 0 spiro atoms. The lowest BCUT2D eigenvalue weighted by Gasteiger charge is -2.26. The Labute approximate surface area is 159 Å². The van der Waals surface area contributed by atoms with Gasteiger partial charge in [-0.05, 0) is 40.8 Å². The van der Waals surface area contributed by atoms with Crippen LogP contribution < -0.4 is 10.2 Å². The maximum absolute atomic E-state index is 12.3. The molecule has 0 atom stereocenters. The normalized spacial score (nSPS) is 14.9. The molecule has 0 saturated carbocycles. The van der Waals surface area contributed by atoms with Crippen LogP contribution in [0.5, 0.6) is 0 Å². The van der Waals surface area contributed by atoms with Gasteiger partial charge < -0.3 is 19.4 Å². The van der Waals surface area contributed by atoms with Crippen LogP contribution >= 0.6 is 22.6 Å². The summed E-state index contributed by atoms with van der Waals surface area (Å²) in [6.45, 7) is 2.84. The molecular formula is C18H16IN3O3. The molecule has 1 aromatic heterocycles. The first-order valence-corrected chi connectivity index (χ1v) is 8.85. The van der Waals surface area contributed by atoms with Crippen molar-refractivity contribution in [1.29, 1.82) is 5.26 Å². The number of nitrogens with zero attached hydrogens (tertiary/aromatic N) is 2. The zero-order valence-electron chi connectivity index (χ0n) is 13.4. The second-order valence-corrected chi connectivity index (χ2v) is 6.54.